The predicted octanol–water partition coefficient (Wildman–Crippen LogP) is 2.91. The van der Waals surface area contributed by atoms with Crippen LogP contribution in [0.2, 0.25) is 5.02 Å². The Labute approximate surface area is 174 Å². The number of aromatic nitrogens is 2. The van der Waals surface area contributed by atoms with Crippen LogP contribution in [0.3, 0.4) is 0 Å². The first kappa shape index (κ1) is 20.0. The summed E-state index contributed by atoms with van der Waals surface area (Å²) in [5, 5.41) is 13.6. The molecular formula is C19H22ClN5O3S. The number of sulfonamides is 1. The van der Waals surface area contributed by atoms with Gasteiger partial charge in [0.25, 0.3) is 0 Å². The highest BCUT2D eigenvalue weighted by Gasteiger charge is 2.27. The van der Waals surface area contributed by atoms with Crippen LogP contribution in [0.4, 0.5) is 11.6 Å². The van der Waals surface area contributed by atoms with E-state index >= 15 is 0 Å². The van der Waals surface area contributed by atoms with E-state index < -0.39 is 10.0 Å². The summed E-state index contributed by atoms with van der Waals surface area (Å²) in [6.07, 6.45) is 0. The zero-order valence-corrected chi connectivity index (χ0v) is 17.7. The van der Waals surface area contributed by atoms with Crippen molar-refractivity contribution in [2.45, 2.75) is 11.8 Å². The zero-order valence-electron chi connectivity index (χ0n) is 16.1. The monoisotopic (exact) mass is 435 g/mol. The van der Waals surface area contributed by atoms with E-state index in [0.29, 0.717) is 53.9 Å². The summed E-state index contributed by atoms with van der Waals surface area (Å²) in [7, 11) is -1.59. The van der Waals surface area contributed by atoms with Crippen molar-refractivity contribution in [3.05, 3.63) is 40.9 Å². The number of imidazole rings is 1. The van der Waals surface area contributed by atoms with Crippen LogP contribution in [-0.2, 0) is 10.0 Å². The third kappa shape index (κ3) is 3.91. The molecule has 0 amide bonds. The number of rotatable bonds is 4. The number of aromatic hydroxyl groups is 1. The normalized spacial score (nSPS) is 16.4. The summed E-state index contributed by atoms with van der Waals surface area (Å²) in [5.41, 5.74) is 2.37. The van der Waals surface area contributed by atoms with Crippen LogP contribution < -0.4 is 5.32 Å². The molecule has 1 aliphatic heterocycles. The van der Waals surface area contributed by atoms with Crippen molar-refractivity contribution >= 4 is 44.3 Å². The minimum atomic E-state index is -3.57. The maximum absolute atomic E-state index is 13.0. The molecule has 0 aliphatic carbocycles. The average molecular weight is 436 g/mol. The van der Waals surface area contributed by atoms with Gasteiger partial charge in [-0.2, -0.15) is 4.31 Å². The van der Waals surface area contributed by atoms with Crippen LogP contribution >= 0.6 is 11.6 Å². The number of hydrogen-bond acceptors (Lipinski definition) is 6. The molecule has 3 aromatic rings. The molecule has 0 unspecified atom stereocenters. The van der Waals surface area contributed by atoms with Gasteiger partial charge in [0, 0.05) is 31.2 Å². The number of H-pyrrole nitrogens is 1. The Morgan fingerprint density at radius 2 is 1.90 bits per heavy atom. The fourth-order valence-corrected chi connectivity index (χ4v) is 4.88. The molecule has 154 valence electrons. The zero-order chi connectivity index (χ0) is 20.8. The highest BCUT2D eigenvalue weighted by molar-refractivity contribution is 7.89. The van der Waals surface area contributed by atoms with Crippen molar-refractivity contribution in [1.82, 2.24) is 19.2 Å². The number of phenolic OH excluding ortho intramolecular Hbond substituents is 1. The van der Waals surface area contributed by atoms with Gasteiger partial charge < -0.3 is 20.3 Å². The number of halogens is 1. The second kappa shape index (κ2) is 7.49. The summed E-state index contributed by atoms with van der Waals surface area (Å²) in [6, 6.07) is 8.01. The van der Waals surface area contributed by atoms with Gasteiger partial charge in [-0.05, 0) is 49.9 Å². The first-order valence-corrected chi connectivity index (χ1v) is 11.0. The fraction of sp³-hybridized carbons (Fsp3) is 0.316. The summed E-state index contributed by atoms with van der Waals surface area (Å²) in [4.78, 5) is 9.82. The Morgan fingerprint density at radius 3 is 2.62 bits per heavy atom. The Hall–Kier alpha value is -2.33. The van der Waals surface area contributed by atoms with E-state index in [0.717, 1.165) is 5.56 Å². The lowest BCUT2D eigenvalue weighted by Crippen LogP contribution is -2.46. The molecule has 4 rings (SSSR count). The first-order valence-electron chi connectivity index (χ1n) is 9.18. The predicted molar refractivity (Wildman–Crippen MR) is 113 cm³/mol. The van der Waals surface area contributed by atoms with E-state index in [1.165, 1.54) is 4.31 Å². The van der Waals surface area contributed by atoms with Crippen molar-refractivity contribution in [3.8, 4) is 5.75 Å². The number of nitrogens with zero attached hydrogens (tertiary/aromatic N) is 3. The summed E-state index contributed by atoms with van der Waals surface area (Å²) in [5.74, 6) is 0.426. The highest BCUT2D eigenvalue weighted by atomic mass is 35.5. The van der Waals surface area contributed by atoms with Crippen LogP contribution in [0.15, 0.2) is 35.2 Å². The molecular weight excluding hydrogens is 414 g/mol. The average Bonchev–Trinajstić information content (AvgIpc) is 3.08. The number of piperazine rings is 1. The van der Waals surface area contributed by atoms with Crippen LogP contribution in [-0.4, -0.2) is 65.9 Å². The van der Waals surface area contributed by atoms with Gasteiger partial charge in [-0.1, -0.05) is 11.6 Å². The minimum Gasteiger partial charge on any atom is -0.506 e. The van der Waals surface area contributed by atoms with Crippen LogP contribution in [0, 0.1) is 6.92 Å². The maximum Gasteiger partial charge on any atom is 0.243 e. The largest absolute Gasteiger partial charge is 0.506 e. The van der Waals surface area contributed by atoms with E-state index in [1.54, 1.807) is 37.3 Å². The second-order valence-corrected chi connectivity index (χ2v) is 9.56. The smallest absolute Gasteiger partial charge is 0.243 e. The van der Waals surface area contributed by atoms with Gasteiger partial charge in [0.1, 0.15) is 5.75 Å². The van der Waals surface area contributed by atoms with E-state index in [-0.39, 0.29) is 10.6 Å². The molecule has 0 bridgehead atoms. The van der Waals surface area contributed by atoms with Gasteiger partial charge in [0.2, 0.25) is 16.0 Å². The number of nitrogens with one attached hydrogen (secondary N) is 2. The Kier molecular flexibility index (Phi) is 5.16. The third-order valence-electron chi connectivity index (χ3n) is 5.08. The molecule has 0 radical (unpaired) electrons. The summed E-state index contributed by atoms with van der Waals surface area (Å²) < 4.78 is 27.4. The molecule has 0 saturated carbocycles. The molecule has 2 aromatic carbocycles. The Bertz CT molecular complexity index is 1170. The fourth-order valence-electron chi connectivity index (χ4n) is 3.28. The number of benzene rings is 2. The molecule has 1 aromatic heterocycles. The van der Waals surface area contributed by atoms with Crippen molar-refractivity contribution in [2.75, 3.05) is 38.5 Å². The minimum absolute atomic E-state index is 0.0469. The van der Waals surface area contributed by atoms with Gasteiger partial charge in [-0.15, -0.1) is 0 Å². The van der Waals surface area contributed by atoms with Crippen molar-refractivity contribution in [1.29, 1.82) is 0 Å². The highest BCUT2D eigenvalue weighted by Crippen LogP contribution is 2.32. The molecule has 10 heteroatoms. The van der Waals surface area contributed by atoms with Crippen LogP contribution in [0.25, 0.3) is 11.0 Å². The molecule has 8 nitrogen and oxygen atoms in total. The molecule has 29 heavy (non-hydrogen) atoms. The van der Waals surface area contributed by atoms with E-state index in [1.807, 2.05) is 7.05 Å². The van der Waals surface area contributed by atoms with Gasteiger partial charge >= 0.3 is 0 Å². The van der Waals surface area contributed by atoms with E-state index in [2.05, 4.69) is 20.2 Å². The lowest BCUT2D eigenvalue weighted by molar-refractivity contribution is 0.222. The van der Waals surface area contributed by atoms with Crippen molar-refractivity contribution in [3.63, 3.8) is 0 Å². The second-order valence-electron chi connectivity index (χ2n) is 7.22. The molecule has 3 N–H and O–H groups in total. The Morgan fingerprint density at radius 1 is 1.17 bits per heavy atom. The topological polar surface area (TPSA) is 102 Å². The van der Waals surface area contributed by atoms with E-state index in [9.17, 15) is 13.5 Å². The van der Waals surface area contributed by atoms with Gasteiger partial charge in [0.15, 0.2) is 0 Å². The molecule has 1 fully saturated rings. The third-order valence-corrected chi connectivity index (χ3v) is 7.39. The SMILES string of the molecule is Cc1cc(O)c(Nc2nc3cc(S(=O)(=O)N4CCN(C)CC4)ccc3[nH]2)cc1Cl. The van der Waals surface area contributed by atoms with Crippen LogP contribution in [0.5, 0.6) is 5.75 Å². The standard InChI is InChI=1S/C19H22ClN5O3S/c1-12-9-18(26)17(11-14(12)20)23-19-21-15-4-3-13(10-16(15)22-19)29(27,28)25-7-5-24(2)6-8-25/h3-4,9-11,26H,5-8H2,1-2H3,(H2,21,22,23). The maximum atomic E-state index is 13.0. The van der Waals surface area contributed by atoms with Gasteiger partial charge in [-0.25, -0.2) is 13.4 Å². The molecule has 1 aliphatic rings. The number of aryl methyl sites for hydroxylation is 1. The number of hydrogen-bond donors (Lipinski definition) is 3. The van der Waals surface area contributed by atoms with Gasteiger partial charge in [0.05, 0.1) is 21.6 Å². The quantitative estimate of drug-likeness (QED) is 0.544. The Balaban J connectivity index is 1.62. The summed E-state index contributed by atoms with van der Waals surface area (Å²) >= 11 is 6.13. The first-order chi connectivity index (χ1) is 13.7. The lowest BCUT2D eigenvalue weighted by atomic mass is 10.2. The number of fused-ring (bicyclic) bond motifs is 1. The number of likely N-dealkylation sites (N-methyl/N-ethyl adjacent to an activating group) is 1. The van der Waals surface area contributed by atoms with Gasteiger partial charge in [-0.3, -0.25) is 0 Å². The lowest BCUT2D eigenvalue weighted by Gasteiger charge is -2.31. The van der Waals surface area contributed by atoms with Crippen LogP contribution in [0.1, 0.15) is 5.56 Å². The molecule has 0 spiro atoms. The van der Waals surface area contributed by atoms with E-state index in [4.69, 9.17) is 11.6 Å². The molecule has 2 heterocycles. The number of aromatic amines is 1. The van der Waals surface area contributed by atoms with Crippen molar-refractivity contribution < 1.29 is 13.5 Å². The molecule has 1 saturated heterocycles. The molecule has 0 atom stereocenters. The number of anilines is 2. The van der Waals surface area contributed by atoms with Crippen molar-refractivity contribution in [2.24, 2.45) is 0 Å². The summed E-state index contributed by atoms with van der Waals surface area (Å²) in [6.45, 7) is 4.16. The number of phenols is 1.